The highest BCUT2D eigenvalue weighted by Gasteiger charge is 2.14. The van der Waals surface area contributed by atoms with E-state index in [-0.39, 0.29) is 11.7 Å². The number of hydrogen-bond donors (Lipinski definition) is 1. The van der Waals surface area contributed by atoms with Crippen LogP contribution in [0.3, 0.4) is 0 Å². The van der Waals surface area contributed by atoms with Crippen molar-refractivity contribution in [2.75, 3.05) is 5.32 Å². The fourth-order valence-corrected chi connectivity index (χ4v) is 3.25. The lowest BCUT2D eigenvalue weighted by Gasteiger charge is -2.15. The second kappa shape index (κ2) is 5.14. The smallest absolute Gasteiger partial charge is 0.181 e. The van der Waals surface area contributed by atoms with Crippen molar-refractivity contribution in [3.63, 3.8) is 0 Å². The van der Waals surface area contributed by atoms with E-state index in [1.165, 1.54) is 12.1 Å². The molecule has 0 bridgehead atoms. The molecule has 17 heavy (non-hydrogen) atoms. The molecular weight excluding hydrogens is 308 g/mol. The summed E-state index contributed by atoms with van der Waals surface area (Å²) in [6.07, 6.45) is 0. The average Bonchev–Trinajstić information content (AvgIpc) is 2.71. The summed E-state index contributed by atoms with van der Waals surface area (Å²) in [6.45, 7) is 1.90. The summed E-state index contributed by atoms with van der Waals surface area (Å²) in [5.41, 5.74) is 0.179. The van der Waals surface area contributed by atoms with Crippen LogP contribution in [0.5, 0.6) is 0 Å². The summed E-state index contributed by atoms with van der Waals surface area (Å²) in [5, 5.41) is 4.90. The standard InChI is InChI=1S/C12H10BrF2NS/c1-7(12-8(13)5-6-17-12)16-10-4-2-3-9(14)11(10)15/h2-7,16H,1H3. The lowest BCUT2D eigenvalue weighted by molar-refractivity contribution is 0.510. The van der Waals surface area contributed by atoms with Gasteiger partial charge >= 0.3 is 0 Å². The third-order valence-electron chi connectivity index (χ3n) is 2.36. The van der Waals surface area contributed by atoms with Crippen LogP contribution in [-0.4, -0.2) is 0 Å². The Bertz CT molecular complexity index is 527. The number of benzene rings is 1. The summed E-state index contributed by atoms with van der Waals surface area (Å²) in [5.74, 6) is -1.68. The van der Waals surface area contributed by atoms with Gasteiger partial charge in [-0.2, -0.15) is 0 Å². The van der Waals surface area contributed by atoms with Crippen LogP contribution in [0.2, 0.25) is 0 Å². The molecule has 0 amide bonds. The molecule has 0 fully saturated rings. The summed E-state index contributed by atoms with van der Waals surface area (Å²) >= 11 is 4.98. The molecule has 2 rings (SSSR count). The molecule has 1 N–H and O–H groups in total. The zero-order chi connectivity index (χ0) is 12.4. The van der Waals surface area contributed by atoms with Crippen molar-refractivity contribution in [3.05, 3.63) is 50.6 Å². The molecular formula is C12H10BrF2NS. The monoisotopic (exact) mass is 317 g/mol. The minimum Gasteiger partial charge on any atom is -0.375 e. The molecule has 0 saturated carbocycles. The minimum atomic E-state index is -0.841. The van der Waals surface area contributed by atoms with E-state index in [0.717, 1.165) is 15.4 Å². The maximum Gasteiger partial charge on any atom is 0.181 e. The topological polar surface area (TPSA) is 12.0 Å². The molecule has 1 nitrogen and oxygen atoms in total. The Morgan fingerprint density at radius 1 is 1.29 bits per heavy atom. The van der Waals surface area contributed by atoms with E-state index in [1.807, 2.05) is 18.4 Å². The van der Waals surface area contributed by atoms with Crippen molar-refractivity contribution in [2.24, 2.45) is 0 Å². The van der Waals surface area contributed by atoms with Gasteiger partial charge in [0.2, 0.25) is 0 Å². The van der Waals surface area contributed by atoms with Gasteiger partial charge in [-0.05, 0) is 46.4 Å². The molecule has 0 spiro atoms. The summed E-state index contributed by atoms with van der Waals surface area (Å²) in [7, 11) is 0. The van der Waals surface area contributed by atoms with Crippen molar-refractivity contribution in [1.82, 2.24) is 0 Å². The normalized spacial score (nSPS) is 12.5. The predicted octanol–water partition coefficient (Wildman–Crippen LogP) is 4.96. The van der Waals surface area contributed by atoms with Gasteiger partial charge in [-0.25, -0.2) is 8.78 Å². The van der Waals surface area contributed by atoms with Gasteiger partial charge in [0.1, 0.15) is 0 Å². The molecule has 2 aromatic rings. The zero-order valence-corrected chi connectivity index (χ0v) is 11.4. The maximum absolute atomic E-state index is 13.5. The highest BCUT2D eigenvalue weighted by molar-refractivity contribution is 9.10. The quantitative estimate of drug-likeness (QED) is 0.843. The fourth-order valence-electron chi connectivity index (χ4n) is 1.53. The van der Waals surface area contributed by atoms with Crippen LogP contribution in [0.25, 0.3) is 0 Å². The van der Waals surface area contributed by atoms with E-state index in [1.54, 1.807) is 11.3 Å². The van der Waals surface area contributed by atoms with Crippen LogP contribution in [0.15, 0.2) is 34.1 Å². The zero-order valence-electron chi connectivity index (χ0n) is 9.01. The van der Waals surface area contributed by atoms with E-state index in [4.69, 9.17) is 0 Å². The van der Waals surface area contributed by atoms with Crippen molar-refractivity contribution >= 4 is 33.0 Å². The Labute approximate surface area is 111 Å². The molecule has 0 aliphatic heterocycles. The van der Waals surface area contributed by atoms with Crippen LogP contribution < -0.4 is 5.32 Å². The second-order valence-electron chi connectivity index (χ2n) is 3.60. The summed E-state index contributed by atoms with van der Waals surface area (Å²) in [4.78, 5) is 1.05. The molecule has 0 aliphatic rings. The van der Waals surface area contributed by atoms with Gasteiger partial charge in [-0.3, -0.25) is 0 Å². The van der Waals surface area contributed by atoms with Crippen LogP contribution in [0, 0.1) is 11.6 Å². The van der Waals surface area contributed by atoms with Gasteiger partial charge in [0.15, 0.2) is 11.6 Å². The van der Waals surface area contributed by atoms with E-state index >= 15 is 0 Å². The molecule has 1 atom stereocenters. The van der Waals surface area contributed by atoms with Crippen molar-refractivity contribution in [2.45, 2.75) is 13.0 Å². The Morgan fingerprint density at radius 2 is 2.06 bits per heavy atom. The molecule has 1 aromatic carbocycles. The number of hydrogen-bond acceptors (Lipinski definition) is 2. The Balaban J connectivity index is 2.22. The van der Waals surface area contributed by atoms with Gasteiger partial charge in [-0.15, -0.1) is 11.3 Å². The Morgan fingerprint density at radius 3 is 2.71 bits per heavy atom. The summed E-state index contributed by atoms with van der Waals surface area (Å²) < 4.78 is 27.5. The van der Waals surface area contributed by atoms with Gasteiger partial charge in [0.05, 0.1) is 11.7 Å². The maximum atomic E-state index is 13.5. The number of rotatable bonds is 3. The van der Waals surface area contributed by atoms with E-state index in [2.05, 4.69) is 21.2 Å². The van der Waals surface area contributed by atoms with E-state index in [0.29, 0.717) is 0 Å². The number of halogens is 3. The Kier molecular flexibility index (Phi) is 3.79. The molecule has 0 radical (unpaired) electrons. The third-order valence-corrected chi connectivity index (χ3v) is 4.42. The molecule has 1 unspecified atom stereocenters. The fraction of sp³-hybridized carbons (Fsp3) is 0.167. The van der Waals surface area contributed by atoms with Crippen LogP contribution in [0.1, 0.15) is 17.8 Å². The lowest BCUT2D eigenvalue weighted by atomic mass is 10.2. The first-order valence-electron chi connectivity index (χ1n) is 5.03. The van der Waals surface area contributed by atoms with E-state index < -0.39 is 11.6 Å². The van der Waals surface area contributed by atoms with Crippen molar-refractivity contribution in [1.29, 1.82) is 0 Å². The van der Waals surface area contributed by atoms with E-state index in [9.17, 15) is 8.78 Å². The largest absolute Gasteiger partial charge is 0.375 e. The molecule has 1 heterocycles. The van der Waals surface area contributed by atoms with Crippen LogP contribution in [0.4, 0.5) is 14.5 Å². The van der Waals surface area contributed by atoms with Gasteiger partial charge in [0.25, 0.3) is 0 Å². The van der Waals surface area contributed by atoms with Crippen molar-refractivity contribution < 1.29 is 8.78 Å². The van der Waals surface area contributed by atoms with Crippen LogP contribution >= 0.6 is 27.3 Å². The third kappa shape index (κ3) is 2.66. The molecule has 0 aliphatic carbocycles. The number of thiophene rings is 1. The minimum absolute atomic E-state index is 0.0827. The predicted molar refractivity (Wildman–Crippen MR) is 70.4 cm³/mol. The number of nitrogens with one attached hydrogen (secondary N) is 1. The van der Waals surface area contributed by atoms with Crippen molar-refractivity contribution in [3.8, 4) is 0 Å². The Hall–Kier alpha value is -0.940. The molecule has 90 valence electrons. The lowest BCUT2D eigenvalue weighted by Crippen LogP contribution is -2.07. The first kappa shape index (κ1) is 12.5. The second-order valence-corrected chi connectivity index (χ2v) is 5.40. The van der Waals surface area contributed by atoms with Gasteiger partial charge < -0.3 is 5.32 Å². The van der Waals surface area contributed by atoms with Gasteiger partial charge in [0, 0.05) is 9.35 Å². The number of anilines is 1. The van der Waals surface area contributed by atoms with Crippen LogP contribution in [-0.2, 0) is 0 Å². The molecule has 0 saturated heterocycles. The first-order valence-corrected chi connectivity index (χ1v) is 6.70. The highest BCUT2D eigenvalue weighted by Crippen LogP contribution is 2.31. The molecule has 1 aromatic heterocycles. The first-order chi connectivity index (χ1) is 8.09. The SMILES string of the molecule is CC(Nc1cccc(F)c1F)c1sccc1Br. The molecule has 5 heteroatoms. The summed E-state index contributed by atoms with van der Waals surface area (Å²) in [6, 6.07) is 5.96. The highest BCUT2D eigenvalue weighted by atomic mass is 79.9. The van der Waals surface area contributed by atoms with Gasteiger partial charge in [-0.1, -0.05) is 6.07 Å². The average molecular weight is 318 g/mol.